The molecule has 0 aromatic heterocycles. The lowest BCUT2D eigenvalue weighted by Crippen LogP contribution is -2.50. The van der Waals surface area contributed by atoms with Crippen molar-refractivity contribution in [1.29, 1.82) is 0 Å². The lowest BCUT2D eigenvalue weighted by Gasteiger charge is -2.32. The molecule has 37 heavy (non-hydrogen) atoms. The second-order valence-electron chi connectivity index (χ2n) is 8.66. The van der Waals surface area contributed by atoms with Gasteiger partial charge in [-0.1, -0.05) is 78.1 Å². The quantitative estimate of drug-likeness (QED) is 0.229. The lowest BCUT2D eigenvalue weighted by atomic mass is 10.0. The number of amides is 2. The summed E-state index contributed by atoms with van der Waals surface area (Å²) in [6.45, 7) is 3.06. The number of nitrogens with one attached hydrogen (secondary N) is 1. The molecule has 3 aromatic rings. The molecule has 0 aliphatic rings. The van der Waals surface area contributed by atoms with Gasteiger partial charge in [-0.15, -0.1) is 0 Å². The van der Waals surface area contributed by atoms with Crippen molar-refractivity contribution in [2.45, 2.75) is 45.2 Å². The highest BCUT2D eigenvalue weighted by molar-refractivity contribution is 6.35. The van der Waals surface area contributed by atoms with Crippen LogP contribution in [0.4, 0.5) is 0 Å². The molecule has 0 bridgehead atoms. The van der Waals surface area contributed by atoms with Crippen molar-refractivity contribution >= 4 is 46.6 Å². The zero-order chi connectivity index (χ0) is 26.6. The van der Waals surface area contributed by atoms with E-state index in [-0.39, 0.29) is 24.8 Å². The fourth-order valence-corrected chi connectivity index (χ4v) is 4.44. The Morgan fingerprint density at radius 3 is 2.32 bits per heavy atom. The summed E-state index contributed by atoms with van der Waals surface area (Å²) in [6, 6.07) is 21.2. The van der Waals surface area contributed by atoms with E-state index in [2.05, 4.69) is 5.32 Å². The molecule has 5 nitrogen and oxygen atoms in total. The molecule has 0 radical (unpaired) electrons. The minimum atomic E-state index is -0.703. The summed E-state index contributed by atoms with van der Waals surface area (Å²) in [4.78, 5) is 28.5. The van der Waals surface area contributed by atoms with E-state index in [0.29, 0.717) is 46.8 Å². The predicted molar refractivity (Wildman–Crippen MR) is 150 cm³/mol. The Labute approximate surface area is 233 Å². The first-order valence-corrected chi connectivity index (χ1v) is 13.4. The normalized spacial score (nSPS) is 11.6. The summed E-state index contributed by atoms with van der Waals surface area (Å²) in [5.41, 5.74) is 1.68. The van der Waals surface area contributed by atoms with E-state index in [1.54, 1.807) is 47.4 Å². The van der Waals surface area contributed by atoms with Crippen molar-refractivity contribution in [3.05, 3.63) is 99.0 Å². The van der Waals surface area contributed by atoms with E-state index in [0.717, 1.165) is 17.5 Å². The maximum Gasteiger partial charge on any atom is 0.243 e. The van der Waals surface area contributed by atoms with Gasteiger partial charge in [0.2, 0.25) is 11.8 Å². The van der Waals surface area contributed by atoms with E-state index in [9.17, 15) is 9.59 Å². The van der Waals surface area contributed by atoms with Gasteiger partial charge in [0.05, 0.1) is 6.61 Å². The first-order valence-electron chi connectivity index (χ1n) is 12.3. The van der Waals surface area contributed by atoms with Crippen molar-refractivity contribution in [2.24, 2.45) is 0 Å². The Balaban J connectivity index is 1.80. The van der Waals surface area contributed by atoms with Crippen LogP contribution in [0.2, 0.25) is 15.1 Å². The third-order valence-electron chi connectivity index (χ3n) is 5.79. The van der Waals surface area contributed by atoms with Crippen molar-refractivity contribution < 1.29 is 14.3 Å². The highest BCUT2D eigenvalue weighted by atomic mass is 35.5. The van der Waals surface area contributed by atoms with E-state index < -0.39 is 6.04 Å². The number of hydrogen-bond acceptors (Lipinski definition) is 3. The number of hydrogen-bond donors (Lipinski definition) is 1. The number of halogens is 3. The van der Waals surface area contributed by atoms with Crippen molar-refractivity contribution in [3.63, 3.8) is 0 Å². The van der Waals surface area contributed by atoms with Crippen LogP contribution < -0.4 is 10.1 Å². The van der Waals surface area contributed by atoms with Crippen LogP contribution in [0.15, 0.2) is 72.8 Å². The molecule has 0 fully saturated rings. The average Bonchev–Trinajstić information content (AvgIpc) is 2.89. The van der Waals surface area contributed by atoms with Gasteiger partial charge in [-0.2, -0.15) is 0 Å². The van der Waals surface area contributed by atoms with Crippen molar-refractivity contribution in [1.82, 2.24) is 10.2 Å². The van der Waals surface area contributed by atoms with E-state index in [4.69, 9.17) is 39.5 Å². The molecule has 0 heterocycles. The molecule has 3 rings (SSSR count). The molecule has 1 N–H and O–H groups in total. The molecular formula is C29H31Cl3N2O3. The summed E-state index contributed by atoms with van der Waals surface area (Å²) in [5.74, 6) is 0.336. The van der Waals surface area contributed by atoms with Gasteiger partial charge in [-0.05, 0) is 60.4 Å². The predicted octanol–water partition coefficient (Wildman–Crippen LogP) is 6.97. The molecule has 1 atom stereocenters. The number of benzene rings is 3. The summed E-state index contributed by atoms with van der Waals surface area (Å²) in [6.07, 6.45) is 1.88. The summed E-state index contributed by atoms with van der Waals surface area (Å²) in [7, 11) is 0. The number of nitrogens with zero attached hydrogens (tertiary/aromatic N) is 1. The van der Waals surface area contributed by atoms with Gasteiger partial charge < -0.3 is 15.0 Å². The molecule has 0 saturated carbocycles. The Kier molecular flexibility index (Phi) is 11.6. The largest absolute Gasteiger partial charge is 0.494 e. The van der Waals surface area contributed by atoms with E-state index in [1.165, 1.54) is 0 Å². The standard InChI is InChI=1S/C29H31Cl3N2O3/c1-2-16-33-29(36)27(18-21-7-4-3-5-8-21)34(20-22-10-11-24(31)19-26(22)32)28(35)9-6-17-37-25-14-12-23(30)13-15-25/h3-5,7-8,10-15,19,27H,2,6,9,16-18,20H2,1H3,(H,33,36)/t27-/m0/s1. The molecule has 0 aliphatic carbocycles. The van der Waals surface area contributed by atoms with Crippen LogP contribution in [-0.4, -0.2) is 35.9 Å². The van der Waals surface area contributed by atoms with Gasteiger partial charge in [0.15, 0.2) is 0 Å². The Bertz CT molecular complexity index is 1160. The van der Waals surface area contributed by atoms with Crippen LogP contribution in [0.5, 0.6) is 5.75 Å². The molecule has 0 spiro atoms. The summed E-state index contributed by atoms with van der Waals surface area (Å²) < 4.78 is 5.75. The second kappa shape index (κ2) is 14.9. The molecule has 3 aromatic carbocycles. The maximum absolute atomic E-state index is 13.6. The Hall–Kier alpha value is -2.73. The topological polar surface area (TPSA) is 58.6 Å². The van der Waals surface area contributed by atoms with Gasteiger partial charge >= 0.3 is 0 Å². The van der Waals surface area contributed by atoms with Crippen LogP contribution in [0.25, 0.3) is 0 Å². The molecule has 0 aliphatic heterocycles. The number of carbonyl (C=O) groups excluding carboxylic acids is 2. The fourth-order valence-electron chi connectivity index (χ4n) is 3.84. The van der Waals surface area contributed by atoms with Gasteiger partial charge in [0.25, 0.3) is 0 Å². The zero-order valence-electron chi connectivity index (χ0n) is 20.8. The minimum absolute atomic E-state index is 0.154. The summed E-state index contributed by atoms with van der Waals surface area (Å²) >= 11 is 18.5. The second-order valence-corrected chi connectivity index (χ2v) is 9.94. The zero-order valence-corrected chi connectivity index (χ0v) is 23.0. The molecule has 196 valence electrons. The van der Waals surface area contributed by atoms with Gasteiger partial charge in [-0.3, -0.25) is 9.59 Å². The molecular weight excluding hydrogens is 531 g/mol. The van der Waals surface area contributed by atoms with Crippen LogP contribution in [0.1, 0.15) is 37.3 Å². The van der Waals surface area contributed by atoms with Crippen LogP contribution in [-0.2, 0) is 22.6 Å². The molecule has 2 amide bonds. The maximum atomic E-state index is 13.6. The first-order chi connectivity index (χ1) is 17.9. The van der Waals surface area contributed by atoms with Gasteiger partial charge in [-0.25, -0.2) is 0 Å². The fraction of sp³-hybridized carbons (Fsp3) is 0.310. The number of rotatable bonds is 13. The van der Waals surface area contributed by atoms with Crippen LogP contribution in [0, 0.1) is 0 Å². The molecule has 0 unspecified atom stereocenters. The van der Waals surface area contributed by atoms with Crippen molar-refractivity contribution in [3.8, 4) is 5.75 Å². The number of ether oxygens (including phenoxy) is 1. The smallest absolute Gasteiger partial charge is 0.243 e. The lowest BCUT2D eigenvalue weighted by molar-refractivity contribution is -0.141. The Morgan fingerprint density at radius 1 is 0.946 bits per heavy atom. The number of carbonyl (C=O) groups is 2. The SMILES string of the molecule is CCCNC(=O)[C@H](Cc1ccccc1)N(Cc1ccc(Cl)cc1Cl)C(=O)CCCOc1ccc(Cl)cc1. The van der Waals surface area contributed by atoms with Gasteiger partial charge in [0.1, 0.15) is 11.8 Å². The average molecular weight is 562 g/mol. The van der Waals surface area contributed by atoms with E-state index in [1.807, 2.05) is 37.3 Å². The molecule has 8 heteroatoms. The first kappa shape index (κ1) is 28.8. The van der Waals surface area contributed by atoms with Gasteiger partial charge in [0, 0.05) is 41.0 Å². The highest BCUT2D eigenvalue weighted by Crippen LogP contribution is 2.25. The monoisotopic (exact) mass is 560 g/mol. The van der Waals surface area contributed by atoms with Crippen molar-refractivity contribution in [2.75, 3.05) is 13.2 Å². The third kappa shape index (κ3) is 9.26. The highest BCUT2D eigenvalue weighted by Gasteiger charge is 2.30. The third-order valence-corrected chi connectivity index (χ3v) is 6.63. The minimum Gasteiger partial charge on any atom is -0.494 e. The van der Waals surface area contributed by atoms with Crippen LogP contribution >= 0.6 is 34.8 Å². The molecule has 0 saturated heterocycles. The van der Waals surface area contributed by atoms with Crippen LogP contribution in [0.3, 0.4) is 0 Å². The van der Waals surface area contributed by atoms with E-state index >= 15 is 0 Å². The summed E-state index contributed by atoms with van der Waals surface area (Å²) in [5, 5.41) is 4.55. The Morgan fingerprint density at radius 2 is 1.65 bits per heavy atom.